The minimum absolute atomic E-state index is 0.296. The lowest BCUT2D eigenvalue weighted by Gasteiger charge is -2.27. The van der Waals surface area contributed by atoms with Crippen LogP contribution in [0.25, 0.3) is 0 Å². The van der Waals surface area contributed by atoms with E-state index < -0.39 is 29.4 Å². The molecule has 0 radical (unpaired) electrons. The SMILES string of the molecule is CC(C)[C@@H](OC(=O)C(C)(C)c1ccccc1)C(=O)NC(N)=O. The Morgan fingerprint density at radius 3 is 2.14 bits per heavy atom. The van der Waals surface area contributed by atoms with Gasteiger partial charge in [-0.1, -0.05) is 44.2 Å². The van der Waals surface area contributed by atoms with Crippen LogP contribution in [0.2, 0.25) is 0 Å². The van der Waals surface area contributed by atoms with E-state index in [1.165, 1.54) is 0 Å². The van der Waals surface area contributed by atoms with E-state index in [1.807, 2.05) is 35.6 Å². The van der Waals surface area contributed by atoms with E-state index in [4.69, 9.17) is 10.5 Å². The van der Waals surface area contributed by atoms with Gasteiger partial charge in [0.1, 0.15) is 0 Å². The Balaban J connectivity index is 2.92. The summed E-state index contributed by atoms with van der Waals surface area (Å²) >= 11 is 0. The van der Waals surface area contributed by atoms with Crippen molar-refractivity contribution in [2.24, 2.45) is 11.7 Å². The Kier molecular flexibility index (Phi) is 5.68. The molecule has 0 aliphatic rings. The maximum Gasteiger partial charge on any atom is 0.318 e. The fourth-order valence-corrected chi connectivity index (χ4v) is 1.92. The van der Waals surface area contributed by atoms with Crippen molar-refractivity contribution in [2.45, 2.75) is 39.2 Å². The van der Waals surface area contributed by atoms with Gasteiger partial charge in [0.2, 0.25) is 0 Å². The fourth-order valence-electron chi connectivity index (χ4n) is 1.92. The maximum atomic E-state index is 12.5. The van der Waals surface area contributed by atoms with Crippen LogP contribution in [0.4, 0.5) is 4.79 Å². The van der Waals surface area contributed by atoms with E-state index in [9.17, 15) is 14.4 Å². The third-order valence-electron chi connectivity index (χ3n) is 3.35. The molecule has 0 bridgehead atoms. The van der Waals surface area contributed by atoms with Crippen LogP contribution in [-0.2, 0) is 19.7 Å². The van der Waals surface area contributed by atoms with E-state index in [0.29, 0.717) is 0 Å². The molecule has 3 amide bonds. The molecule has 0 aliphatic carbocycles. The van der Waals surface area contributed by atoms with E-state index in [0.717, 1.165) is 5.56 Å². The maximum absolute atomic E-state index is 12.5. The van der Waals surface area contributed by atoms with Crippen LogP contribution in [0.15, 0.2) is 30.3 Å². The third-order valence-corrected chi connectivity index (χ3v) is 3.35. The highest BCUT2D eigenvalue weighted by Crippen LogP contribution is 2.26. The number of carbonyl (C=O) groups is 3. The lowest BCUT2D eigenvalue weighted by atomic mass is 9.84. The molecule has 6 heteroatoms. The minimum atomic E-state index is -1.08. The van der Waals surface area contributed by atoms with Gasteiger partial charge in [-0.2, -0.15) is 0 Å². The first-order chi connectivity index (χ1) is 10.2. The van der Waals surface area contributed by atoms with Crippen LogP contribution >= 0.6 is 0 Å². The number of amides is 3. The molecule has 22 heavy (non-hydrogen) atoms. The topological polar surface area (TPSA) is 98.5 Å². The summed E-state index contributed by atoms with van der Waals surface area (Å²) in [5.41, 5.74) is 4.79. The molecule has 6 nitrogen and oxygen atoms in total. The summed E-state index contributed by atoms with van der Waals surface area (Å²) in [5.74, 6) is -1.56. The lowest BCUT2D eigenvalue weighted by molar-refractivity contribution is -0.162. The molecule has 0 saturated carbocycles. The molecule has 0 heterocycles. The van der Waals surface area contributed by atoms with Crippen LogP contribution in [0.1, 0.15) is 33.3 Å². The smallest absolute Gasteiger partial charge is 0.318 e. The Morgan fingerprint density at radius 2 is 1.68 bits per heavy atom. The van der Waals surface area contributed by atoms with Crippen molar-refractivity contribution in [1.29, 1.82) is 0 Å². The van der Waals surface area contributed by atoms with Gasteiger partial charge in [-0.05, 0) is 25.3 Å². The average molecular weight is 306 g/mol. The summed E-state index contributed by atoms with van der Waals surface area (Å²) in [7, 11) is 0. The number of rotatable bonds is 5. The number of nitrogens with one attached hydrogen (secondary N) is 1. The molecule has 120 valence electrons. The Hall–Kier alpha value is -2.37. The molecule has 1 aromatic rings. The molecular formula is C16H22N2O4. The van der Waals surface area contributed by atoms with Crippen molar-refractivity contribution in [2.75, 3.05) is 0 Å². The highest BCUT2D eigenvalue weighted by molar-refractivity contribution is 5.97. The standard InChI is InChI=1S/C16H22N2O4/c1-10(2)12(13(19)18-15(17)21)22-14(20)16(3,4)11-8-6-5-7-9-11/h5-10,12H,1-4H3,(H3,17,18,19,21)/t12-/m1/s1. The second kappa shape index (κ2) is 7.06. The number of carbonyl (C=O) groups excluding carboxylic acids is 3. The predicted molar refractivity (Wildman–Crippen MR) is 81.9 cm³/mol. The predicted octanol–water partition coefficient (Wildman–Crippen LogP) is 1.73. The van der Waals surface area contributed by atoms with Gasteiger partial charge in [-0.25, -0.2) is 4.79 Å². The van der Waals surface area contributed by atoms with Gasteiger partial charge in [-0.3, -0.25) is 14.9 Å². The molecule has 0 fully saturated rings. The van der Waals surface area contributed by atoms with Crippen LogP contribution < -0.4 is 11.1 Å². The minimum Gasteiger partial charge on any atom is -0.451 e. The highest BCUT2D eigenvalue weighted by Gasteiger charge is 2.36. The monoisotopic (exact) mass is 306 g/mol. The van der Waals surface area contributed by atoms with E-state index in [2.05, 4.69) is 0 Å². The molecule has 1 rings (SSSR count). The average Bonchev–Trinajstić information content (AvgIpc) is 2.44. The van der Waals surface area contributed by atoms with Crippen molar-refractivity contribution in [3.05, 3.63) is 35.9 Å². The van der Waals surface area contributed by atoms with Crippen molar-refractivity contribution in [3.63, 3.8) is 0 Å². The van der Waals surface area contributed by atoms with E-state index in [1.54, 1.807) is 27.7 Å². The summed E-state index contributed by atoms with van der Waals surface area (Å²) in [5, 5.41) is 1.94. The normalized spacial score (nSPS) is 12.6. The van der Waals surface area contributed by atoms with Gasteiger partial charge in [-0.15, -0.1) is 0 Å². The van der Waals surface area contributed by atoms with Gasteiger partial charge >= 0.3 is 12.0 Å². The number of imide groups is 1. The van der Waals surface area contributed by atoms with Gasteiger partial charge in [0.15, 0.2) is 6.10 Å². The highest BCUT2D eigenvalue weighted by atomic mass is 16.5. The summed E-state index contributed by atoms with van der Waals surface area (Å²) in [6.45, 7) is 6.87. The molecule has 0 aliphatic heterocycles. The number of nitrogens with two attached hydrogens (primary N) is 1. The van der Waals surface area contributed by atoms with Gasteiger partial charge in [0.25, 0.3) is 5.91 Å². The van der Waals surface area contributed by atoms with E-state index >= 15 is 0 Å². The molecule has 0 saturated heterocycles. The lowest BCUT2D eigenvalue weighted by Crippen LogP contribution is -2.47. The van der Waals surface area contributed by atoms with Gasteiger partial charge in [0, 0.05) is 0 Å². The Bertz CT molecular complexity index is 553. The summed E-state index contributed by atoms with van der Waals surface area (Å²) in [6.07, 6.45) is -1.08. The quantitative estimate of drug-likeness (QED) is 0.809. The van der Waals surface area contributed by atoms with Gasteiger partial charge in [0.05, 0.1) is 5.41 Å². The van der Waals surface area contributed by atoms with Crippen molar-refractivity contribution < 1.29 is 19.1 Å². The second-order valence-electron chi connectivity index (χ2n) is 5.91. The summed E-state index contributed by atoms with van der Waals surface area (Å²) in [4.78, 5) is 35.1. The number of benzene rings is 1. The molecule has 3 N–H and O–H groups in total. The molecule has 0 unspecified atom stereocenters. The fraction of sp³-hybridized carbons (Fsp3) is 0.438. The van der Waals surface area contributed by atoms with Crippen LogP contribution in [0.5, 0.6) is 0 Å². The molecule has 0 spiro atoms. The number of primary amides is 1. The first-order valence-corrected chi connectivity index (χ1v) is 7.03. The largest absolute Gasteiger partial charge is 0.451 e. The zero-order chi connectivity index (χ0) is 16.9. The summed E-state index contributed by atoms with van der Waals surface area (Å²) in [6, 6.07) is 8.15. The Morgan fingerprint density at radius 1 is 1.14 bits per heavy atom. The zero-order valence-corrected chi connectivity index (χ0v) is 13.3. The van der Waals surface area contributed by atoms with E-state index in [-0.39, 0.29) is 5.92 Å². The van der Waals surface area contributed by atoms with Gasteiger partial charge < -0.3 is 10.5 Å². The molecule has 0 aromatic heterocycles. The first kappa shape index (κ1) is 17.7. The molecular weight excluding hydrogens is 284 g/mol. The van der Waals surface area contributed by atoms with Crippen molar-refractivity contribution in [1.82, 2.24) is 5.32 Å². The Labute approximate surface area is 130 Å². The van der Waals surface area contributed by atoms with Crippen molar-refractivity contribution in [3.8, 4) is 0 Å². The zero-order valence-electron chi connectivity index (χ0n) is 13.3. The number of urea groups is 1. The third kappa shape index (κ3) is 4.31. The number of esters is 1. The molecule has 1 aromatic carbocycles. The first-order valence-electron chi connectivity index (χ1n) is 7.03. The number of hydrogen-bond acceptors (Lipinski definition) is 4. The van der Waals surface area contributed by atoms with Crippen LogP contribution in [0, 0.1) is 5.92 Å². The van der Waals surface area contributed by atoms with Crippen LogP contribution in [-0.4, -0.2) is 24.0 Å². The van der Waals surface area contributed by atoms with Crippen LogP contribution in [0.3, 0.4) is 0 Å². The second-order valence-corrected chi connectivity index (χ2v) is 5.91. The number of ether oxygens (including phenoxy) is 1. The van der Waals surface area contributed by atoms with Crippen molar-refractivity contribution >= 4 is 17.9 Å². The number of hydrogen-bond donors (Lipinski definition) is 2. The molecule has 1 atom stereocenters. The summed E-state index contributed by atoms with van der Waals surface area (Å²) < 4.78 is 5.34.